The molecule has 5 nitrogen and oxygen atoms in total. The normalized spacial score (nSPS) is 10.4. The lowest BCUT2D eigenvalue weighted by Gasteiger charge is -2.11. The van der Waals surface area contributed by atoms with Crippen LogP contribution in [0.5, 0.6) is 11.5 Å². The van der Waals surface area contributed by atoms with Gasteiger partial charge < -0.3 is 19.9 Å². The summed E-state index contributed by atoms with van der Waals surface area (Å²) in [7, 11) is 0. The molecule has 0 amide bonds. The van der Waals surface area contributed by atoms with E-state index in [0.717, 1.165) is 11.3 Å². The van der Waals surface area contributed by atoms with Gasteiger partial charge in [-0.25, -0.2) is 4.79 Å². The van der Waals surface area contributed by atoms with E-state index in [2.05, 4.69) is 0 Å². The van der Waals surface area contributed by atoms with Gasteiger partial charge in [-0.2, -0.15) is 0 Å². The summed E-state index contributed by atoms with van der Waals surface area (Å²) in [6, 6.07) is 22.3. The third kappa shape index (κ3) is 6.28. The van der Waals surface area contributed by atoms with Crippen LogP contribution in [0.25, 0.3) is 0 Å². The van der Waals surface area contributed by atoms with E-state index in [9.17, 15) is 4.79 Å². The summed E-state index contributed by atoms with van der Waals surface area (Å²) in [6.45, 7) is 3.21. The summed E-state index contributed by atoms with van der Waals surface area (Å²) in [5.41, 5.74) is 8.97. The predicted octanol–water partition coefficient (Wildman–Crippen LogP) is 4.78. The molecule has 0 bridgehead atoms. The van der Waals surface area contributed by atoms with Crippen LogP contribution in [0.4, 0.5) is 5.69 Å². The molecule has 3 rings (SSSR count). The molecular weight excluding hydrogens is 366 g/mol. The number of hydrogen-bond donors (Lipinski definition) is 1. The lowest BCUT2D eigenvalue weighted by Crippen LogP contribution is -2.08. The summed E-state index contributed by atoms with van der Waals surface area (Å²) in [5.74, 6) is 0.883. The van der Waals surface area contributed by atoms with Crippen LogP contribution >= 0.6 is 0 Å². The van der Waals surface area contributed by atoms with Crippen LogP contribution in [0.3, 0.4) is 0 Å². The number of carbonyl (C=O) groups excluding carboxylic acids is 1. The minimum atomic E-state index is -0.415. The van der Waals surface area contributed by atoms with Crippen LogP contribution in [0.1, 0.15) is 27.9 Å². The largest absolute Gasteiger partial charge is 0.493 e. The van der Waals surface area contributed by atoms with Crippen molar-refractivity contribution in [2.75, 3.05) is 18.9 Å². The van der Waals surface area contributed by atoms with Crippen LogP contribution in [0.2, 0.25) is 0 Å². The Morgan fingerprint density at radius 2 is 1.62 bits per heavy atom. The van der Waals surface area contributed by atoms with E-state index in [0.29, 0.717) is 36.6 Å². The van der Waals surface area contributed by atoms with Crippen LogP contribution in [0, 0.1) is 6.92 Å². The molecule has 0 radical (unpaired) electrons. The predicted molar refractivity (Wildman–Crippen MR) is 113 cm³/mol. The zero-order chi connectivity index (χ0) is 20.5. The Kier molecular flexibility index (Phi) is 7.11. The van der Waals surface area contributed by atoms with Gasteiger partial charge in [0.2, 0.25) is 0 Å². The third-order valence-electron chi connectivity index (χ3n) is 4.30. The quantitative estimate of drug-likeness (QED) is 0.323. The van der Waals surface area contributed by atoms with E-state index < -0.39 is 5.97 Å². The van der Waals surface area contributed by atoms with Crippen LogP contribution < -0.4 is 15.2 Å². The number of anilines is 1. The van der Waals surface area contributed by atoms with Crippen molar-refractivity contribution in [2.24, 2.45) is 0 Å². The number of nitrogen functional groups attached to an aromatic ring is 1. The smallest absolute Gasteiger partial charge is 0.338 e. The van der Waals surface area contributed by atoms with Crippen molar-refractivity contribution in [1.82, 2.24) is 0 Å². The van der Waals surface area contributed by atoms with E-state index in [-0.39, 0.29) is 6.61 Å². The molecule has 0 atom stereocenters. The molecule has 0 aliphatic heterocycles. The second-order valence-corrected chi connectivity index (χ2v) is 6.68. The zero-order valence-corrected chi connectivity index (χ0v) is 16.5. The molecule has 0 aromatic heterocycles. The fraction of sp³-hybridized carbons (Fsp3) is 0.208. The summed E-state index contributed by atoms with van der Waals surface area (Å²) in [4.78, 5) is 12.3. The minimum Gasteiger partial charge on any atom is -0.493 e. The first-order valence-corrected chi connectivity index (χ1v) is 9.54. The van der Waals surface area contributed by atoms with Gasteiger partial charge in [0, 0.05) is 6.42 Å². The van der Waals surface area contributed by atoms with Crippen molar-refractivity contribution in [3.8, 4) is 11.5 Å². The molecule has 2 N–H and O–H groups in total. The molecule has 0 spiro atoms. The Hall–Kier alpha value is -3.47. The third-order valence-corrected chi connectivity index (χ3v) is 4.30. The molecule has 29 heavy (non-hydrogen) atoms. The van der Waals surface area contributed by atoms with Crippen LogP contribution in [0.15, 0.2) is 72.8 Å². The van der Waals surface area contributed by atoms with Crippen molar-refractivity contribution in [3.63, 3.8) is 0 Å². The Balaban J connectivity index is 1.46. The number of ether oxygens (including phenoxy) is 3. The monoisotopic (exact) mass is 391 g/mol. The molecule has 0 aliphatic carbocycles. The van der Waals surface area contributed by atoms with E-state index >= 15 is 0 Å². The maximum atomic E-state index is 12.3. The number of esters is 1. The summed E-state index contributed by atoms with van der Waals surface area (Å²) in [6.07, 6.45) is 0.690. The average molecular weight is 391 g/mol. The van der Waals surface area contributed by atoms with Gasteiger partial charge >= 0.3 is 5.97 Å². The lowest BCUT2D eigenvalue weighted by atomic mass is 10.2. The number of benzene rings is 3. The van der Waals surface area contributed by atoms with Crippen LogP contribution in [-0.2, 0) is 11.3 Å². The molecule has 3 aromatic carbocycles. The molecule has 0 aliphatic rings. The first kappa shape index (κ1) is 20.3. The second-order valence-electron chi connectivity index (χ2n) is 6.68. The van der Waals surface area contributed by atoms with Gasteiger partial charge in [-0.3, -0.25) is 0 Å². The Labute approximate surface area is 171 Å². The van der Waals surface area contributed by atoms with Gasteiger partial charge in [-0.05, 0) is 42.8 Å². The molecule has 150 valence electrons. The van der Waals surface area contributed by atoms with E-state index in [1.807, 2.05) is 61.5 Å². The van der Waals surface area contributed by atoms with Gasteiger partial charge in [-0.1, -0.05) is 48.0 Å². The molecule has 0 saturated heterocycles. The first-order chi connectivity index (χ1) is 14.1. The number of carbonyl (C=O) groups is 1. The average Bonchev–Trinajstić information content (AvgIpc) is 2.75. The molecule has 0 saturated carbocycles. The van der Waals surface area contributed by atoms with Gasteiger partial charge in [0.1, 0.15) is 18.1 Å². The van der Waals surface area contributed by atoms with Crippen molar-refractivity contribution in [3.05, 3.63) is 89.5 Å². The number of nitrogens with two attached hydrogens (primary N) is 1. The second kappa shape index (κ2) is 10.2. The highest BCUT2D eigenvalue weighted by atomic mass is 16.5. The summed E-state index contributed by atoms with van der Waals surface area (Å²) >= 11 is 0. The van der Waals surface area contributed by atoms with Crippen molar-refractivity contribution < 1.29 is 19.0 Å². The molecule has 5 heteroatoms. The highest BCUT2D eigenvalue weighted by molar-refractivity contribution is 5.90. The van der Waals surface area contributed by atoms with E-state index in [1.54, 1.807) is 18.2 Å². The van der Waals surface area contributed by atoms with E-state index in [4.69, 9.17) is 19.9 Å². The Morgan fingerprint density at radius 3 is 2.38 bits per heavy atom. The van der Waals surface area contributed by atoms with Gasteiger partial charge in [-0.15, -0.1) is 0 Å². The highest BCUT2D eigenvalue weighted by Crippen LogP contribution is 2.24. The first-order valence-electron chi connectivity index (χ1n) is 9.54. The zero-order valence-electron chi connectivity index (χ0n) is 16.5. The van der Waals surface area contributed by atoms with Crippen molar-refractivity contribution >= 4 is 11.7 Å². The Morgan fingerprint density at radius 1 is 0.897 bits per heavy atom. The summed E-state index contributed by atoms with van der Waals surface area (Å²) in [5, 5.41) is 0. The minimum absolute atomic E-state index is 0.219. The maximum absolute atomic E-state index is 12.3. The van der Waals surface area contributed by atoms with Crippen LogP contribution in [-0.4, -0.2) is 19.2 Å². The molecular formula is C24H25NO4. The fourth-order valence-corrected chi connectivity index (χ4v) is 2.66. The number of rotatable bonds is 9. The number of hydrogen-bond acceptors (Lipinski definition) is 5. The SMILES string of the molecule is Cc1ccc(OCCCOc2cc(C(=O)OCc3ccccc3)ccc2N)cc1. The number of aryl methyl sites for hydroxylation is 1. The molecule has 3 aromatic rings. The van der Waals surface area contributed by atoms with Gasteiger partial charge in [0.05, 0.1) is 24.5 Å². The highest BCUT2D eigenvalue weighted by Gasteiger charge is 2.11. The molecule has 0 heterocycles. The van der Waals surface area contributed by atoms with Crippen molar-refractivity contribution in [2.45, 2.75) is 20.0 Å². The Bertz CT molecular complexity index is 923. The van der Waals surface area contributed by atoms with E-state index in [1.165, 1.54) is 5.56 Å². The van der Waals surface area contributed by atoms with Gasteiger partial charge in [0.15, 0.2) is 0 Å². The fourth-order valence-electron chi connectivity index (χ4n) is 2.66. The molecule has 0 unspecified atom stereocenters. The van der Waals surface area contributed by atoms with Gasteiger partial charge in [0.25, 0.3) is 0 Å². The molecule has 0 fully saturated rings. The maximum Gasteiger partial charge on any atom is 0.338 e. The topological polar surface area (TPSA) is 70.8 Å². The van der Waals surface area contributed by atoms with Crippen molar-refractivity contribution in [1.29, 1.82) is 0 Å². The summed E-state index contributed by atoms with van der Waals surface area (Å²) < 4.78 is 16.8. The standard InChI is InChI=1S/C24H25NO4/c1-18-8-11-21(12-9-18)27-14-5-15-28-23-16-20(10-13-22(23)25)24(26)29-17-19-6-3-2-4-7-19/h2-4,6-13,16H,5,14-15,17,25H2,1H3. The lowest BCUT2D eigenvalue weighted by molar-refractivity contribution is 0.0472.